The van der Waals surface area contributed by atoms with Crippen LogP contribution in [0.25, 0.3) is 11.0 Å². The van der Waals surface area contributed by atoms with Crippen molar-refractivity contribution in [2.24, 2.45) is 0 Å². The quantitative estimate of drug-likeness (QED) is 0.738. The Labute approximate surface area is 83.3 Å². The molecule has 0 saturated heterocycles. The predicted molar refractivity (Wildman–Crippen MR) is 49.6 cm³/mol. The standard InChI is InChI=1S/C9H8F3N3/c10-9(11,12)4-6-5-15(13)8-7(6)2-1-3-14-8/h1-3,5H,4,13H2. The Morgan fingerprint density at radius 1 is 1.40 bits per heavy atom. The fourth-order valence-corrected chi connectivity index (χ4v) is 1.51. The van der Waals surface area contributed by atoms with Crippen LogP contribution in [0, 0.1) is 0 Å². The average molecular weight is 215 g/mol. The van der Waals surface area contributed by atoms with Gasteiger partial charge in [0.15, 0.2) is 5.65 Å². The summed E-state index contributed by atoms with van der Waals surface area (Å²) >= 11 is 0. The normalized spacial score (nSPS) is 12.2. The van der Waals surface area contributed by atoms with E-state index in [1.54, 1.807) is 12.1 Å². The van der Waals surface area contributed by atoms with Crippen molar-refractivity contribution < 1.29 is 13.2 Å². The second-order valence-electron chi connectivity index (χ2n) is 3.23. The van der Waals surface area contributed by atoms with Crippen molar-refractivity contribution >= 4 is 11.0 Å². The molecule has 2 aromatic heterocycles. The van der Waals surface area contributed by atoms with Crippen LogP contribution >= 0.6 is 0 Å². The number of nitrogens with zero attached hydrogens (tertiary/aromatic N) is 2. The molecule has 15 heavy (non-hydrogen) atoms. The zero-order valence-electron chi connectivity index (χ0n) is 7.62. The first-order valence-electron chi connectivity index (χ1n) is 4.24. The predicted octanol–water partition coefficient (Wildman–Crippen LogP) is 1.85. The van der Waals surface area contributed by atoms with Gasteiger partial charge in [0.05, 0.1) is 6.42 Å². The lowest BCUT2D eigenvalue weighted by Gasteiger charge is -2.03. The third-order valence-corrected chi connectivity index (χ3v) is 2.06. The maximum Gasteiger partial charge on any atom is 0.393 e. The molecule has 80 valence electrons. The summed E-state index contributed by atoms with van der Waals surface area (Å²) in [5.41, 5.74) is 0.504. The van der Waals surface area contributed by atoms with E-state index in [0.29, 0.717) is 11.0 Å². The van der Waals surface area contributed by atoms with E-state index in [0.717, 1.165) is 4.68 Å². The van der Waals surface area contributed by atoms with Gasteiger partial charge >= 0.3 is 6.18 Å². The second-order valence-corrected chi connectivity index (χ2v) is 3.23. The molecule has 0 fully saturated rings. The summed E-state index contributed by atoms with van der Waals surface area (Å²) in [6.45, 7) is 0. The van der Waals surface area contributed by atoms with Crippen molar-refractivity contribution in [3.63, 3.8) is 0 Å². The number of hydrogen-bond donors (Lipinski definition) is 1. The van der Waals surface area contributed by atoms with Crippen molar-refractivity contribution in [1.29, 1.82) is 0 Å². The molecule has 0 aliphatic rings. The van der Waals surface area contributed by atoms with Crippen molar-refractivity contribution in [2.45, 2.75) is 12.6 Å². The number of rotatable bonds is 1. The molecule has 6 heteroatoms. The maximum atomic E-state index is 12.2. The highest BCUT2D eigenvalue weighted by Gasteiger charge is 2.29. The van der Waals surface area contributed by atoms with Gasteiger partial charge in [-0.1, -0.05) is 0 Å². The van der Waals surface area contributed by atoms with Gasteiger partial charge in [-0.2, -0.15) is 13.2 Å². The molecule has 0 atom stereocenters. The Morgan fingerprint density at radius 2 is 2.13 bits per heavy atom. The number of hydrogen-bond acceptors (Lipinski definition) is 2. The highest BCUT2D eigenvalue weighted by Crippen LogP contribution is 2.26. The second kappa shape index (κ2) is 3.15. The number of alkyl halides is 3. The van der Waals surface area contributed by atoms with Crippen molar-refractivity contribution in [1.82, 2.24) is 9.66 Å². The number of pyridine rings is 1. The molecule has 0 aliphatic carbocycles. The van der Waals surface area contributed by atoms with E-state index in [9.17, 15) is 13.2 Å². The van der Waals surface area contributed by atoms with Gasteiger partial charge in [0.25, 0.3) is 0 Å². The molecule has 0 saturated carbocycles. The fourth-order valence-electron chi connectivity index (χ4n) is 1.51. The van der Waals surface area contributed by atoms with E-state index in [2.05, 4.69) is 4.98 Å². The summed E-state index contributed by atoms with van der Waals surface area (Å²) in [7, 11) is 0. The molecule has 0 unspecified atom stereocenters. The molecule has 2 heterocycles. The SMILES string of the molecule is Nn1cc(CC(F)(F)F)c2cccnc21. The number of fused-ring (bicyclic) bond motifs is 1. The minimum absolute atomic E-state index is 0.146. The molecule has 2 N–H and O–H groups in total. The summed E-state index contributed by atoms with van der Waals surface area (Å²) in [5.74, 6) is 5.48. The lowest BCUT2D eigenvalue weighted by molar-refractivity contribution is -0.127. The summed E-state index contributed by atoms with van der Waals surface area (Å²) in [6, 6.07) is 3.16. The molecule has 0 aliphatic heterocycles. The minimum Gasteiger partial charge on any atom is -0.338 e. The first-order chi connectivity index (χ1) is 6.97. The molecular weight excluding hydrogens is 207 g/mol. The molecule has 0 bridgehead atoms. The molecule has 3 nitrogen and oxygen atoms in total. The molecule has 0 amide bonds. The van der Waals surface area contributed by atoms with Gasteiger partial charge in [0.2, 0.25) is 0 Å². The van der Waals surface area contributed by atoms with Crippen LogP contribution in [0.4, 0.5) is 13.2 Å². The highest BCUT2D eigenvalue weighted by atomic mass is 19.4. The van der Waals surface area contributed by atoms with Crippen LogP contribution in [0.3, 0.4) is 0 Å². The number of nitrogen functional groups attached to an aromatic ring is 1. The van der Waals surface area contributed by atoms with Crippen molar-refractivity contribution in [3.8, 4) is 0 Å². The first kappa shape index (κ1) is 9.82. The monoisotopic (exact) mass is 215 g/mol. The van der Waals surface area contributed by atoms with Gasteiger partial charge in [0, 0.05) is 17.8 Å². The van der Waals surface area contributed by atoms with Gasteiger partial charge in [-0.25, -0.2) is 4.98 Å². The Balaban J connectivity index is 2.53. The van der Waals surface area contributed by atoms with E-state index < -0.39 is 12.6 Å². The maximum absolute atomic E-state index is 12.2. The molecule has 0 spiro atoms. The van der Waals surface area contributed by atoms with E-state index in [1.165, 1.54) is 12.4 Å². The van der Waals surface area contributed by atoms with Crippen LogP contribution in [0.2, 0.25) is 0 Å². The van der Waals surface area contributed by atoms with Crippen molar-refractivity contribution in [2.75, 3.05) is 5.84 Å². The zero-order chi connectivity index (χ0) is 11.1. The Bertz CT molecular complexity index is 487. The molecule has 2 rings (SSSR count). The lowest BCUT2D eigenvalue weighted by atomic mass is 10.1. The summed E-state index contributed by atoms with van der Waals surface area (Å²) in [4.78, 5) is 3.90. The molecular formula is C9H8F3N3. The first-order valence-corrected chi connectivity index (χ1v) is 4.24. The fraction of sp³-hybridized carbons (Fsp3) is 0.222. The third-order valence-electron chi connectivity index (χ3n) is 2.06. The number of halogens is 3. The van der Waals surface area contributed by atoms with Crippen LogP contribution in [0.15, 0.2) is 24.5 Å². The number of aromatic nitrogens is 2. The van der Waals surface area contributed by atoms with Crippen LogP contribution < -0.4 is 5.84 Å². The van der Waals surface area contributed by atoms with E-state index in [-0.39, 0.29) is 5.56 Å². The zero-order valence-corrected chi connectivity index (χ0v) is 7.62. The average Bonchev–Trinajstić information content (AvgIpc) is 2.42. The third kappa shape index (κ3) is 1.88. The summed E-state index contributed by atoms with van der Waals surface area (Å²) in [6.07, 6.45) is -2.47. The molecule has 0 aromatic carbocycles. The van der Waals surface area contributed by atoms with Gasteiger partial charge in [-0.05, 0) is 17.7 Å². The van der Waals surface area contributed by atoms with E-state index in [1.807, 2.05) is 0 Å². The highest BCUT2D eigenvalue weighted by molar-refractivity contribution is 5.80. The summed E-state index contributed by atoms with van der Waals surface area (Å²) < 4.78 is 37.7. The lowest BCUT2D eigenvalue weighted by Crippen LogP contribution is -2.11. The van der Waals surface area contributed by atoms with Gasteiger partial charge in [-0.15, -0.1) is 0 Å². The van der Waals surface area contributed by atoms with Gasteiger partial charge in [0.1, 0.15) is 0 Å². The van der Waals surface area contributed by atoms with Gasteiger partial charge < -0.3 is 5.84 Å². The topological polar surface area (TPSA) is 43.8 Å². The van der Waals surface area contributed by atoms with Crippen LogP contribution in [0.5, 0.6) is 0 Å². The minimum atomic E-state index is -4.23. The van der Waals surface area contributed by atoms with E-state index in [4.69, 9.17) is 5.84 Å². The Kier molecular flexibility index (Phi) is 2.06. The smallest absolute Gasteiger partial charge is 0.338 e. The summed E-state index contributed by atoms with van der Waals surface area (Å²) in [5, 5.41) is 0.442. The van der Waals surface area contributed by atoms with Crippen LogP contribution in [-0.2, 0) is 6.42 Å². The van der Waals surface area contributed by atoms with E-state index >= 15 is 0 Å². The van der Waals surface area contributed by atoms with Crippen LogP contribution in [-0.4, -0.2) is 15.8 Å². The Morgan fingerprint density at radius 3 is 2.80 bits per heavy atom. The number of nitrogens with two attached hydrogens (primary N) is 1. The molecule has 0 radical (unpaired) electrons. The Hall–Kier alpha value is -1.72. The molecule has 2 aromatic rings. The van der Waals surface area contributed by atoms with Gasteiger partial charge in [-0.3, -0.25) is 4.68 Å². The van der Waals surface area contributed by atoms with Crippen molar-refractivity contribution in [3.05, 3.63) is 30.1 Å². The van der Waals surface area contributed by atoms with Crippen LogP contribution in [0.1, 0.15) is 5.56 Å². The largest absolute Gasteiger partial charge is 0.393 e.